The molecular weight excluding hydrogens is 323 g/mol. The maximum absolute atomic E-state index is 13.4. The topological polar surface area (TPSA) is 61.2 Å². The summed E-state index contributed by atoms with van der Waals surface area (Å²) >= 11 is 0. The zero-order valence-electron chi connectivity index (χ0n) is 13.9. The Morgan fingerprint density at radius 3 is 3.08 bits per heavy atom. The number of pyridine rings is 1. The second-order valence-electron chi connectivity index (χ2n) is 6.04. The molecule has 0 amide bonds. The molecule has 1 N–H and O–H groups in total. The average Bonchev–Trinajstić information content (AvgIpc) is 3.00. The first-order valence-corrected chi connectivity index (χ1v) is 8.18. The summed E-state index contributed by atoms with van der Waals surface area (Å²) in [6.45, 7) is 2.48. The van der Waals surface area contributed by atoms with E-state index in [1.54, 1.807) is 19.4 Å². The monoisotopic (exact) mass is 342 g/mol. The van der Waals surface area contributed by atoms with Gasteiger partial charge in [-0.25, -0.2) is 14.4 Å². The minimum Gasteiger partial charge on any atom is -0.481 e. The van der Waals surface area contributed by atoms with Crippen molar-refractivity contribution in [1.29, 1.82) is 0 Å². The van der Waals surface area contributed by atoms with Crippen molar-refractivity contribution in [2.24, 2.45) is 0 Å². The van der Waals surface area contributed by atoms with Gasteiger partial charge in [0, 0.05) is 31.4 Å². The van der Waals surface area contributed by atoms with Crippen LogP contribution in [0.3, 0.4) is 0 Å². The van der Waals surface area contributed by atoms with E-state index in [2.05, 4.69) is 19.9 Å². The normalized spacial score (nSPS) is 16.8. The van der Waals surface area contributed by atoms with Crippen LogP contribution in [0.2, 0.25) is 0 Å². The van der Waals surface area contributed by atoms with E-state index < -0.39 is 0 Å². The van der Waals surface area contributed by atoms with Gasteiger partial charge in [-0.05, 0) is 17.7 Å². The summed E-state index contributed by atoms with van der Waals surface area (Å²) in [6.07, 6.45) is 1.80. The van der Waals surface area contributed by atoms with E-state index in [0.29, 0.717) is 31.2 Å². The zero-order chi connectivity index (χ0) is 17.2. The molecule has 0 aliphatic carbocycles. The molecule has 7 heteroatoms. The first-order valence-electron chi connectivity index (χ1n) is 8.18. The number of nitrogens with one attached hydrogen (secondary N) is 1. The molecule has 4 rings (SSSR count). The molecular formula is C18H19FN4O2. The summed E-state index contributed by atoms with van der Waals surface area (Å²) in [6, 6.07) is 8.67. The molecule has 0 spiro atoms. The van der Waals surface area contributed by atoms with Crippen LogP contribution in [0, 0.1) is 5.82 Å². The molecule has 0 fully saturated rings. The number of hydrogen-bond donors (Lipinski definition) is 1. The number of aromatic nitrogens is 3. The minimum atomic E-state index is -0.273. The Morgan fingerprint density at radius 2 is 2.28 bits per heavy atom. The van der Waals surface area contributed by atoms with Gasteiger partial charge in [0.05, 0.1) is 30.8 Å². The van der Waals surface area contributed by atoms with Gasteiger partial charge in [-0.2, -0.15) is 0 Å². The van der Waals surface area contributed by atoms with Crippen molar-refractivity contribution in [3.63, 3.8) is 0 Å². The number of halogens is 1. The number of imidazole rings is 1. The van der Waals surface area contributed by atoms with Gasteiger partial charge in [-0.15, -0.1) is 0 Å². The molecule has 0 radical (unpaired) electrons. The lowest BCUT2D eigenvalue weighted by Crippen LogP contribution is -2.32. The highest BCUT2D eigenvalue weighted by Crippen LogP contribution is 2.26. The van der Waals surface area contributed by atoms with Crippen LogP contribution < -0.4 is 10.1 Å². The summed E-state index contributed by atoms with van der Waals surface area (Å²) in [4.78, 5) is 8.70. The molecule has 1 aliphatic heterocycles. The van der Waals surface area contributed by atoms with Gasteiger partial charge in [0.15, 0.2) is 0 Å². The van der Waals surface area contributed by atoms with Crippen LogP contribution in [-0.2, 0) is 17.9 Å². The van der Waals surface area contributed by atoms with Crippen molar-refractivity contribution in [1.82, 2.24) is 19.9 Å². The highest BCUT2D eigenvalue weighted by molar-refractivity contribution is 5.76. The zero-order valence-corrected chi connectivity index (χ0v) is 13.9. The van der Waals surface area contributed by atoms with Crippen LogP contribution in [0.15, 0.2) is 36.5 Å². The van der Waals surface area contributed by atoms with Gasteiger partial charge in [-0.3, -0.25) is 0 Å². The highest BCUT2D eigenvalue weighted by atomic mass is 19.1. The van der Waals surface area contributed by atoms with Gasteiger partial charge >= 0.3 is 0 Å². The average molecular weight is 342 g/mol. The lowest BCUT2D eigenvalue weighted by Gasteiger charge is -2.26. The first-order chi connectivity index (χ1) is 12.2. The van der Waals surface area contributed by atoms with Gasteiger partial charge in [0.2, 0.25) is 5.88 Å². The SMILES string of the molecule is COc1ccc(CNC[C@H]2COCc3nc4cc(F)ccc4n32)cn1. The minimum absolute atomic E-state index is 0.116. The number of fused-ring (bicyclic) bond motifs is 3. The Labute approximate surface area is 144 Å². The molecule has 1 aromatic carbocycles. The summed E-state index contributed by atoms with van der Waals surface area (Å²) in [5.41, 5.74) is 2.69. The maximum atomic E-state index is 13.4. The number of rotatable bonds is 5. The quantitative estimate of drug-likeness (QED) is 0.772. The Balaban J connectivity index is 1.48. The third kappa shape index (κ3) is 3.20. The highest BCUT2D eigenvalue weighted by Gasteiger charge is 2.23. The van der Waals surface area contributed by atoms with Crippen LogP contribution in [0.25, 0.3) is 11.0 Å². The second kappa shape index (κ2) is 6.78. The molecule has 1 aliphatic rings. The largest absolute Gasteiger partial charge is 0.481 e. The number of methoxy groups -OCH3 is 1. The van der Waals surface area contributed by atoms with Crippen LogP contribution in [0.4, 0.5) is 4.39 Å². The van der Waals surface area contributed by atoms with Crippen LogP contribution in [0.1, 0.15) is 17.4 Å². The van der Waals surface area contributed by atoms with Gasteiger partial charge < -0.3 is 19.4 Å². The molecule has 0 saturated heterocycles. The molecule has 25 heavy (non-hydrogen) atoms. The van der Waals surface area contributed by atoms with Crippen LogP contribution in [-0.4, -0.2) is 34.8 Å². The van der Waals surface area contributed by atoms with Crippen molar-refractivity contribution in [3.8, 4) is 5.88 Å². The van der Waals surface area contributed by atoms with Crippen molar-refractivity contribution < 1.29 is 13.9 Å². The summed E-state index contributed by atoms with van der Waals surface area (Å²) in [5, 5.41) is 3.43. The van der Waals surface area contributed by atoms with Crippen molar-refractivity contribution in [2.75, 3.05) is 20.3 Å². The molecule has 0 bridgehead atoms. The summed E-state index contributed by atoms with van der Waals surface area (Å²) in [5.74, 6) is 1.17. The molecule has 3 heterocycles. The summed E-state index contributed by atoms with van der Waals surface area (Å²) in [7, 11) is 1.60. The number of ether oxygens (including phenoxy) is 2. The number of nitrogens with zero attached hydrogens (tertiary/aromatic N) is 3. The fourth-order valence-corrected chi connectivity index (χ4v) is 3.16. The Bertz CT molecular complexity index is 879. The summed E-state index contributed by atoms with van der Waals surface area (Å²) < 4.78 is 26.3. The van der Waals surface area contributed by atoms with Gasteiger partial charge in [-0.1, -0.05) is 6.07 Å². The van der Waals surface area contributed by atoms with E-state index in [1.165, 1.54) is 12.1 Å². The maximum Gasteiger partial charge on any atom is 0.212 e. The lowest BCUT2D eigenvalue weighted by atomic mass is 10.2. The molecule has 0 unspecified atom stereocenters. The fourth-order valence-electron chi connectivity index (χ4n) is 3.16. The van der Waals surface area contributed by atoms with Crippen molar-refractivity contribution in [2.45, 2.75) is 19.2 Å². The Hall–Kier alpha value is -2.51. The van der Waals surface area contributed by atoms with E-state index in [1.807, 2.05) is 12.1 Å². The molecule has 130 valence electrons. The lowest BCUT2D eigenvalue weighted by molar-refractivity contribution is 0.0564. The third-order valence-electron chi connectivity index (χ3n) is 4.35. The number of benzene rings is 1. The third-order valence-corrected chi connectivity index (χ3v) is 4.35. The standard InChI is InChI=1S/C18H19FN4O2/c1-24-18-5-2-12(8-21-18)7-20-9-14-10-25-11-17-22-15-6-13(19)3-4-16(15)23(14)17/h2-6,8,14,20H,7,9-11H2,1H3/t14-/m0/s1. The Morgan fingerprint density at radius 1 is 1.36 bits per heavy atom. The van der Waals surface area contributed by atoms with E-state index in [0.717, 1.165) is 23.4 Å². The van der Waals surface area contributed by atoms with Gasteiger partial charge in [0.1, 0.15) is 18.2 Å². The van der Waals surface area contributed by atoms with E-state index in [9.17, 15) is 4.39 Å². The van der Waals surface area contributed by atoms with E-state index in [4.69, 9.17) is 9.47 Å². The molecule has 6 nitrogen and oxygen atoms in total. The van der Waals surface area contributed by atoms with E-state index in [-0.39, 0.29) is 11.9 Å². The first kappa shape index (κ1) is 16.0. The van der Waals surface area contributed by atoms with Crippen molar-refractivity contribution >= 4 is 11.0 Å². The molecule has 0 saturated carbocycles. The Kier molecular flexibility index (Phi) is 4.33. The molecule has 2 aromatic heterocycles. The second-order valence-corrected chi connectivity index (χ2v) is 6.04. The predicted molar refractivity (Wildman–Crippen MR) is 90.9 cm³/mol. The van der Waals surface area contributed by atoms with Gasteiger partial charge in [0.25, 0.3) is 0 Å². The van der Waals surface area contributed by atoms with Crippen LogP contribution >= 0.6 is 0 Å². The van der Waals surface area contributed by atoms with Crippen LogP contribution in [0.5, 0.6) is 5.88 Å². The molecule has 3 aromatic rings. The van der Waals surface area contributed by atoms with Crippen molar-refractivity contribution in [3.05, 3.63) is 53.7 Å². The fraction of sp³-hybridized carbons (Fsp3) is 0.333. The number of hydrogen-bond acceptors (Lipinski definition) is 5. The predicted octanol–water partition coefficient (Wildman–Crippen LogP) is 2.44. The smallest absolute Gasteiger partial charge is 0.212 e. The molecule has 1 atom stereocenters. The van der Waals surface area contributed by atoms with E-state index >= 15 is 0 Å².